The molecule has 24 heteroatoms. The van der Waals surface area contributed by atoms with Crippen LogP contribution < -0.4 is 226 Å². The summed E-state index contributed by atoms with van der Waals surface area (Å²) in [5, 5.41) is 0. The second-order valence-corrected chi connectivity index (χ2v) is 0. The SMILES string of the molecule is [BH4-].[BH4-].[BH4-].[BH4-].[BH4-].[BH4-].[BH4-].[BH4-].[BH4-].[BH4-].[BH4-].[BH4-].[Li+].[Li+].[Li+].[Li+].[Li+].[Li+].[Li+].[Li+].[Li+].[Li+].[Li+].[Li+]. The normalized spacial score (nSPS) is 0. The first kappa shape index (κ1) is 484. The van der Waals surface area contributed by atoms with Crippen molar-refractivity contribution in [3.8, 4) is 0 Å². The molecule has 0 aliphatic heterocycles. The standard InChI is InChI=1S/12BH4.12Li/h12*1H4;;;;;;;;;;;;/q12*-1;12*+1. The largest absolute Gasteiger partial charge is 1.00 e. The molecule has 0 unspecified atom stereocenters. The van der Waals surface area contributed by atoms with Crippen LogP contribution in [0.15, 0.2) is 0 Å². The van der Waals surface area contributed by atoms with Gasteiger partial charge in [-0.2, -0.15) is 0 Å². The van der Waals surface area contributed by atoms with Gasteiger partial charge in [-0.1, -0.05) is 101 Å². The van der Waals surface area contributed by atoms with Crippen LogP contribution in [0.4, 0.5) is 0 Å². The fourth-order valence-corrected chi connectivity index (χ4v) is 0. The van der Waals surface area contributed by atoms with E-state index in [2.05, 4.69) is 0 Å². The zero-order valence-electron chi connectivity index (χ0n) is 12.0. The fraction of sp³-hybridized carbons (Fsp3) is 0. The maximum Gasteiger partial charge on any atom is 1.00 e. The Hall–Kier alpha value is 7.95. The molecule has 0 aromatic carbocycles. The van der Waals surface area contributed by atoms with Crippen molar-refractivity contribution in [2.45, 2.75) is 0 Å². The Bertz CT molecular complexity index is 24.0. The first-order valence-corrected chi connectivity index (χ1v) is 0. The van der Waals surface area contributed by atoms with Crippen LogP contribution in [0.5, 0.6) is 0 Å². The van der Waals surface area contributed by atoms with Gasteiger partial charge in [0.1, 0.15) is 0 Å². The zero-order valence-corrected chi connectivity index (χ0v) is 12.0. The Morgan fingerprint density at radius 1 is 0.0833 bits per heavy atom. The molecule has 96 valence electrons. The summed E-state index contributed by atoms with van der Waals surface area (Å²) in [5.41, 5.74) is 0. The molecule has 0 aromatic heterocycles. The molecule has 0 nitrogen and oxygen atoms in total. The molecule has 0 aromatic rings. The van der Waals surface area contributed by atoms with E-state index in [1.807, 2.05) is 0 Å². The van der Waals surface area contributed by atoms with Gasteiger partial charge < -0.3 is 0 Å². The molecule has 0 saturated carbocycles. The van der Waals surface area contributed by atoms with Crippen molar-refractivity contribution in [2.24, 2.45) is 0 Å². The first-order valence-electron chi connectivity index (χ1n) is 0. The number of hydrogen-bond acceptors (Lipinski definition) is 0. The Labute approximate surface area is 321 Å². The molecule has 0 radical (unpaired) electrons. The average molecular weight is 261 g/mol. The van der Waals surface area contributed by atoms with E-state index in [1.54, 1.807) is 0 Å². The maximum absolute atomic E-state index is 0. The van der Waals surface area contributed by atoms with Gasteiger partial charge in [-0.25, -0.2) is 0 Å². The van der Waals surface area contributed by atoms with Gasteiger partial charge in [0.05, 0.1) is 0 Å². The summed E-state index contributed by atoms with van der Waals surface area (Å²) in [7, 11) is 0. The van der Waals surface area contributed by atoms with E-state index in [0.717, 1.165) is 0 Å². The maximum atomic E-state index is 0. The summed E-state index contributed by atoms with van der Waals surface area (Å²) < 4.78 is 0. The molecule has 0 atom stereocenters. The molecule has 24 heavy (non-hydrogen) atoms. The van der Waals surface area contributed by atoms with E-state index >= 15 is 0 Å². The minimum Gasteiger partial charge on any atom is -0.0626 e. The van der Waals surface area contributed by atoms with Crippen LogP contribution in [0.1, 0.15) is 0 Å². The van der Waals surface area contributed by atoms with Crippen LogP contribution in [0, 0.1) is 0 Å². The monoisotopic (exact) mass is 265 g/mol. The predicted octanol–water partition coefficient (Wildman–Crippen LogP) is -53.4. The van der Waals surface area contributed by atoms with Crippen molar-refractivity contribution in [2.75, 3.05) is 0 Å². The molecule has 0 rings (SSSR count). The van der Waals surface area contributed by atoms with Gasteiger partial charge in [0.25, 0.3) is 0 Å². The van der Waals surface area contributed by atoms with E-state index in [1.165, 1.54) is 0 Å². The number of hydrogen-bond donors (Lipinski definition) is 0. The second kappa shape index (κ2) is 439. The minimum absolute atomic E-state index is 0. The molecule has 0 aliphatic rings. The van der Waals surface area contributed by atoms with Crippen molar-refractivity contribution < 1.29 is 226 Å². The molecule has 0 aliphatic carbocycles. The molecule has 0 bridgehead atoms. The van der Waals surface area contributed by atoms with Crippen LogP contribution in [0.3, 0.4) is 0 Å². The van der Waals surface area contributed by atoms with Crippen LogP contribution >= 0.6 is 0 Å². The third kappa shape index (κ3) is 397. The topological polar surface area (TPSA) is 0 Å². The molecule has 0 amide bonds. The van der Waals surface area contributed by atoms with Crippen molar-refractivity contribution >= 4 is 101 Å². The smallest absolute Gasteiger partial charge is 0.0626 e. The van der Waals surface area contributed by atoms with Crippen LogP contribution in [-0.4, -0.2) is 101 Å². The van der Waals surface area contributed by atoms with Gasteiger partial charge in [-0.15, -0.1) is 0 Å². The van der Waals surface area contributed by atoms with Gasteiger partial charge in [-0.3, -0.25) is 0 Å². The van der Waals surface area contributed by atoms with Gasteiger partial charge in [0.2, 0.25) is 0 Å². The minimum atomic E-state index is 0. The van der Waals surface area contributed by atoms with Crippen molar-refractivity contribution in [1.82, 2.24) is 0 Å². The number of rotatable bonds is 0. The summed E-state index contributed by atoms with van der Waals surface area (Å²) in [6, 6.07) is 0. The summed E-state index contributed by atoms with van der Waals surface area (Å²) in [6.07, 6.45) is 0. The average Bonchev–Trinajstić information content (AvgIpc) is 0. The van der Waals surface area contributed by atoms with E-state index in [9.17, 15) is 0 Å². The molecule has 0 spiro atoms. The van der Waals surface area contributed by atoms with Crippen LogP contribution in [0.25, 0.3) is 0 Å². The Kier molecular flexibility index (Phi) is 8870. The molecule has 0 fully saturated rings. The molecular formula is H48B12Li12. The summed E-state index contributed by atoms with van der Waals surface area (Å²) in [6.45, 7) is 0. The summed E-state index contributed by atoms with van der Waals surface area (Å²) in [4.78, 5) is 0. The Balaban J connectivity index is 0. The fourth-order valence-electron chi connectivity index (χ4n) is 0. The summed E-state index contributed by atoms with van der Waals surface area (Å²) in [5.74, 6) is 0. The van der Waals surface area contributed by atoms with Crippen LogP contribution in [-0.2, 0) is 0 Å². The third-order valence-corrected chi connectivity index (χ3v) is 0. The van der Waals surface area contributed by atoms with E-state index < -0.39 is 0 Å². The quantitative estimate of drug-likeness (QED) is 0.380. The van der Waals surface area contributed by atoms with E-state index in [-0.39, 0.29) is 327 Å². The Morgan fingerprint density at radius 3 is 0.0833 bits per heavy atom. The van der Waals surface area contributed by atoms with Crippen molar-refractivity contribution in [3.05, 3.63) is 0 Å². The van der Waals surface area contributed by atoms with Crippen molar-refractivity contribution in [3.63, 3.8) is 0 Å². The van der Waals surface area contributed by atoms with Crippen molar-refractivity contribution in [1.29, 1.82) is 0 Å². The third-order valence-electron chi connectivity index (χ3n) is 0. The summed E-state index contributed by atoms with van der Waals surface area (Å²) >= 11 is 0. The molecule has 0 saturated heterocycles. The predicted molar refractivity (Wildman–Crippen MR) is 136 cm³/mol. The zero-order chi connectivity index (χ0) is 0. The van der Waals surface area contributed by atoms with E-state index in [4.69, 9.17) is 0 Å². The van der Waals surface area contributed by atoms with Gasteiger partial charge >= 0.3 is 226 Å². The molecular weight excluding hydrogens is 213 g/mol. The van der Waals surface area contributed by atoms with Gasteiger partial charge in [0, 0.05) is 0 Å². The Morgan fingerprint density at radius 2 is 0.0833 bits per heavy atom. The van der Waals surface area contributed by atoms with Gasteiger partial charge in [-0.05, 0) is 0 Å². The molecule has 0 N–H and O–H groups in total. The van der Waals surface area contributed by atoms with Crippen LogP contribution in [0.2, 0.25) is 0 Å². The van der Waals surface area contributed by atoms with E-state index in [0.29, 0.717) is 0 Å². The first-order chi connectivity index (χ1) is 0. The second-order valence-electron chi connectivity index (χ2n) is 0. The van der Waals surface area contributed by atoms with Gasteiger partial charge in [0.15, 0.2) is 0 Å². The molecule has 0 heterocycles.